The van der Waals surface area contributed by atoms with Crippen molar-refractivity contribution >= 4 is 16.8 Å². The molecule has 1 unspecified atom stereocenters. The fourth-order valence-corrected chi connectivity index (χ4v) is 3.39. The van der Waals surface area contributed by atoms with Crippen molar-refractivity contribution < 1.29 is 4.79 Å². The minimum absolute atomic E-state index is 0.290. The standard InChI is InChI=1S/C18H25N3O/c1-19(13-15-7-8-18(22)20(2)14-15)11-12-21-10-9-16-5-3-4-6-17(16)21/h3-6,9-10,15H,7-8,11-14H2,1-2H3. The second kappa shape index (κ2) is 6.53. The number of piperidine rings is 1. The molecule has 0 spiro atoms. The lowest BCUT2D eigenvalue weighted by molar-refractivity contribution is -0.133. The maximum absolute atomic E-state index is 11.5. The maximum atomic E-state index is 11.5. The highest BCUT2D eigenvalue weighted by atomic mass is 16.2. The average Bonchev–Trinajstić information content (AvgIpc) is 2.92. The van der Waals surface area contributed by atoms with Gasteiger partial charge in [0.1, 0.15) is 0 Å². The highest BCUT2D eigenvalue weighted by Crippen LogP contribution is 2.18. The fraction of sp³-hybridized carbons (Fsp3) is 0.500. The predicted molar refractivity (Wildman–Crippen MR) is 89.8 cm³/mol. The molecule has 0 bridgehead atoms. The molecule has 22 heavy (non-hydrogen) atoms. The van der Waals surface area contributed by atoms with Gasteiger partial charge in [0.15, 0.2) is 0 Å². The van der Waals surface area contributed by atoms with Gasteiger partial charge in [-0.2, -0.15) is 0 Å². The van der Waals surface area contributed by atoms with Crippen molar-refractivity contribution in [1.29, 1.82) is 0 Å². The first-order valence-corrected chi connectivity index (χ1v) is 8.10. The molecule has 0 radical (unpaired) electrons. The van der Waals surface area contributed by atoms with Crippen LogP contribution in [0.5, 0.6) is 0 Å². The van der Waals surface area contributed by atoms with Gasteiger partial charge in [-0.25, -0.2) is 0 Å². The summed E-state index contributed by atoms with van der Waals surface area (Å²) in [5.74, 6) is 0.895. The number of aromatic nitrogens is 1. The van der Waals surface area contributed by atoms with Gasteiger partial charge in [0.05, 0.1) is 0 Å². The molecule has 4 nitrogen and oxygen atoms in total. The van der Waals surface area contributed by atoms with Crippen LogP contribution in [-0.4, -0.2) is 54.0 Å². The Labute approximate surface area is 132 Å². The second-order valence-electron chi connectivity index (χ2n) is 6.51. The largest absolute Gasteiger partial charge is 0.346 e. The molecular formula is C18H25N3O. The SMILES string of the molecule is CN(CCn1ccc2ccccc21)CC1CCC(=O)N(C)C1. The Hall–Kier alpha value is -1.81. The summed E-state index contributed by atoms with van der Waals surface area (Å²) in [6, 6.07) is 10.7. The van der Waals surface area contributed by atoms with Gasteiger partial charge in [0, 0.05) is 51.4 Å². The van der Waals surface area contributed by atoms with Crippen molar-refractivity contribution in [3.8, 4) is 0 Å². The summed E-state index contributed by atoms with van der Waals surface area (Å²) in [7, 11) is 4.10. The number of hydrogen-bond donors (Lipinski definition) is 0. The molecule has 0 N–H and O–H groups in total. The summed E-state index contributed by atoms with van der Waals surface area (Å²) >= 11 is 0. The van der Waals surface area contributed by atoms with E-state index in [4.69, 9.17) is 0 Å². The Bertz CT molecular complexity index is 649. The van der Waals surface area contributed by atoms with E-state index in [-0.39, 0.29) is 5.91 Å². The van der Waals surface area contributed by atoms with Crippen LogP contribution >= 0.6 is 0 Å². The average molecular weight is 299 g/mol. The third-order valence-corrected chi connectivity index (χ3v) is 4.70. The molecule has 0 aliphatic carbocycles. The van der Waals surface area contributed by atoms with E-state index < -0.39 is 0 Å². The van der Waals surface area contributed by atoms with Crippen molar-refractivity contribution in [2.45, 2.75) is 19.4 Å². The summed E-state index contributed by atoms with van der Waals surface area (Å²) in [4.78, 5) is 15.8. The van der Waals surface area contributed by atoms with Gasteiger partial charge in [-0.3, -0.25) is 4.79 Å². The van der Waals surface area contributed by atoms with E-state index in [0.29, 0.717) is 12.3 Å². The molecule has 1 aliphatic heterocycles. The summed E-state index contributed by atoms with van der Waals surface area (Å²) in [6.45, 7) is 4.00. The molecule has 1 aromatic carbocycles. The van der Waals surface area contributed by atoms with Gasteiger partial charge in [0.25, 0.3) is 0 Å². The molecule has 1 atom stereocenters. The molecular weight excluding hydrogens is 274 g/mol. The monoisotopic (exact) mass is 299 g/mol. The quantitative estimate of drug-likeness (QED) is 0.848. The van der Waals surface area contributed by atoms with Crippen LogP contribution in [0.3, 0.4) is 0 Å². The van der Waals surface area contributed by atoms with Crippen molar-refractivity contribution in [3.05, 3.63) is 36.5 Å². The van der Waals surface area contributed by atoms with E-state index >= 15 is 0 Å². The molecule has 1 aliphatic rings. The van der Waals surface area contributed by atoms with E-state index in [1.165, 1.54) is 10.9 Å². The molecule has 118 valence electrons. The number of nitrogens with zero attached hydrogens (tertiary/aromatic N) is 3. The van der Waals surface area contributed by atoms with E-state index in [1.807, 2.05) is 11.9 Å². The van der Waals surface area contributed by atoms with E-state index in [9.17, 15) is 4.79 Å². The Morgan fingerprint density at radius 2 is 2.09 bits per heavy atom. The summed E-state index contributed by atoms with van der Waals surface area (Å²) in [5, 5.41) is 1.30. The molecule has 1 amide bonds. The van der Waals surface area contributed by atoms with Crippen molar-refractivity contribution in [2.24, 2.45) is 5.92 Å². The van der Waals surface area contributed by atoms with E-state index in [1.54, 1.807) is 0 Å². The number of amides is 1. The molecule has 1 saturated heterocycles. The Kier molecular flexibility index (Phi) is 4.48. The third-order valence-electron chi connectivity index (χ3n) is 4.70. The van der Waals surface area contributed by atoms with Crippen molar-refractivity contribution in [2.75, 3.05) is 33.7 Å². The molecule has 4 heteroatoms. The van der Waals surface area contributed by atoms with Crippen LogP contribution in [0, 0.1) is 5.92 Å². The van der Waals surface area contributed by atoms with Crippen LogP contribution in [0.2, 0.25) is 0 Å². The van der Waals surface area contributed by atoms with Crippen LogP contribution < -0.4 is 0 Å². The number of rotatable bonds is 5. The lowest BCUT2D eigenvalue weighted by Crippen LogP contribution is -2.41. The van der Waals surface area contributed by atoms with Crippen LogP contribution in [-0.2, 0) is 11.3 Å². The Morgan fingerprint density at radius 3 is 2.91 bits per heavy atom. The summed E-state index contributed by atoms with van der Waals surface area (Å²) in [5.41, 5.74) is 1.30. The Balaban J connectivity index is 1.52. The summed E-state index contributed by atoms with van der Waals surface area (Å²) < 4.78 is 2.32. The molecule has 3 rings (SSSR count). The third kappa shape index (κ3) is 3.33. The van der Waals surface area contributed by atoms with Gasteiger partial charge < -0.3 is 14.4 Å². The van der Waals surface area contributed by atoms with Crippen molar-refractivity contribution in [1.82, 2.24) is 14.4 Å². The van der Waals surface area contributed by atoms with Crippen LogP contribution in [0.15, 0.2) is 36.5 Å². The first-order valence-electron chi connectivity index (χ1n) is 8.10. The van der Waals surface area contributed by atoms with Gasteiger partial charge in [-0.15, -0.1) is 0 Å². The topological polar surface area (TPSA) is 28.5 Å². The van der Waals surface area contributed by atoms with Crippen LogP contribution in [0.25, 0.3) is 10.9 Å². The smallest absolute Gasteiger partial charge is 0.222 e. The molecule has 2 aromatic rings. The van der Waals surface area contributed by atoms with Crippen LogP contribution in [0.1, 0.15) is 12.8 Å². The lowest BCUT2D eigenvalue weighted by Gasteiger charge is -2.32. The van der Waals surface area contributed by atoms with Gasteiger partial charge in [-0.05, 0) is 36.9 Å². The Morgan fingerprint density at radius 1 is 1.27 bits per heavy atom. The van der Waals surface area contributed by atoms with E-state index in [2.05, 4.69) is 53.0 Å². The van der Waals surface area contributed by atoms with Gasteiger partial charge >= 0.3 is 0 Å². The second-order valence-corrected chi connectivity index (χ2v) is 6.51. The number of hydrogen-bond acceptors (Lipinski definition) is 2. The zero-order valence-corrected chi connectivity index (χ0v) is 13.5. The van der Waals surface area contributed by atoms with Gasteiger partial charge in [0.2, 0.25) is 5.91 Å². The number of benzene rings is 1. The molecule has 2 heterocycles. The number of fused-ring (bicyclic) bond motifs is 1. The van der Waals surface area contributed by atoms with Crippen LogP contribution in [0.4, 0.5) is 0 Å². The number of para-hydroxylation sites is 1. The predicted octanol–water partition coefficient (Wildman–Crippen LogP) is 2.44. The number of carbonyl (C=O) groups excluding carboxylic acids is 1. The fourth-order valence-electron chi connectivity index (χ4n) is 3.39. The highest BCUT2D eigenvalue weighted by molar-refractivity contribution is 5.79. The molecule has 0 saturated carbocycles. The number of carbonyl (C=O) groups is 1. The summed E-state index contributed by atoms with van der Waals surface area (Å²) in [6.07, 6.45) is 3.91. The minimum atomic E-state index is 0.290. The van der Waals surface area contributed by atoms with E-state index in [0.717, 1.165) is 32.6 Å². The maximum Gasteiger partial charge on any atom is 0.222 e. The lowest BCUT2D eigenvalue weighted by atomic mass is 9.97. The number of likely N-dealkylation sites (tertiary alicyclic amines) is 1. The van der Waals surface area contributed by atoms with Crippen molar-refractivity contribution in [3.63, 3.8) is 0 Å². The first kappa shape index (κ1) is 15.1. The zero-order chi connectivity index (χ0) is 15.5. The molecule has 1 fully saturated rings. The van der Waals surface area contributed by atoms with Gasteiger partial charge in [-0.1, -0.05) is 18.2 Å². The zero-order valence-electron chi connectivity index (χ0n) is 13.5. The highest BCUT2D eigenvalue weighted by Gasteiger charge is 2.23. The normalized spacial score (nSPS) is 19.3. The minimum Gasteiger partial charge on any atom is -0.346 e. The number of likely N-dealkylation sites (N-methyl/N-ethyl adjacent to an activating group) is 1. The first-order chi connectivity index (χ1) is 10.6. The molecule has 1 aromatic heterocycles.